The predicted molar refractivity (Wildman–Crippen MR) is 186 cm³/mol. The SMILES string of the molecule is CC#N.CC(C)(C)OC(=O)N1CCN2[C@@H](CO)CCC[C@H]2C1.CC(C)(C)OC(=O)OC(=O)OC(C)(C)C.OC[C@H]1CCC[C@H]2CNCCN12. The second-order valence-electron chi connectivity index (χ2n) is 15.7. The van der Waals surface area contributed by atoms with Crippen LogP contribution < -0.4 is 5.32 Å². The summed E-state index contributed by atoms with van der Waals surface area (Å²) in [6.45, 7) is 23.3. The lowest BCUT2D eigenvalue weighted by Crippen LogP contribution is -2.60. The van der Waals surface area contributed by atoms with Gasteiger partial charge in [0.1, 0.15) is 16.8 Å². The summed E-state index contributed by atoms with van der Waals surface area (Å²) >= 11 is 0. The van der Waals surface area contributed by atoms with Gasteiger partial charge in [-0.15, -0.1) is 0 Å². The Bertz CT molecular complexity index is 1010. The summed E-state index contributed by atoms with van der Waals surface area (Å²) in [7, 11) is 0. The Labute approximate surface area is 294 Å². The molecule has 4 aliphatic heterocycles. The van der Waals surface area contributed by atoms with E-state index >= 15 is 0 Å². The van der Waals surface area contributed by atoms with Gasteiger partial charge in [0, 0.05) is 70.4 Å². The lowest BCUT2D eigenvalue weighted by Gasteiger charge is -2.47. The number of piperazine rings is 2. The van der Waals surface area contributed by atoms with Crippen molar-refractivity contribution in [3.63, 3.8) is 0 Å². The van der Waals surface area contributed by atoms with E-state index in [9.17, 15) is 19.5 Å². The van der Waals surface area contributed by atoms with Gasteiger partial charge in [-0.3, -0.25) is 9.80 Å². The van der Waals surface area contributed by atoms with Crippen molar-refractivity contribution in [2.45, 2.75) is 149 Å². The van der Waals surface area contributed by atoms with Crippen molar-refractivity contribution >= 4 is 18.4 Å². The molecule has 4 heterocycles. The van der Waals surface area contributed by atoms with E-state index < -0.39 is 29.1 Å². The largest absolute Gasteiger partial charge is 0.519 e. The first-order chi connectivity index (χ1) is 22.7. The molecule has 0 unspecified atom stereocenters. The van der Waals surface area contributed by atoms with Crippen LogP contribution in [0.25, 0.3) is 0 Å². The summed E-state index contributed by atoms with van der Waals surface area (Å²) in [6, 6.07) is 3.56. The van der Waals surface area contributed by atoms with Crippen molar-refractivity contribution in [1.29, 1.82) is 5.26 Å². The van der Waals surface area contributed by atoms with Gasteiger partial charge in [0.25, 0.3) is 0 Å². The summed E-state index contributed by atoms with van der Waals surface area (Å²) < 4.78 is 19.2. The molecular formula is C35H65N5O9. The standard InChI is InChI=1S/C14H26N2O3.C10H18O5.C9H18N2O.C2H3N/c1-14(2,3)19-13(18)15-7-8-16-11(9-15)5-4-6-12(16)10-17;1-9(2,3)14-7(11)13-8(12)15-10(4,5)6;12-7-9-3-1-2-8-6-10-4-5-11(8)9;1-2-3/h11-12,17H,4-10H2,1-3H3;1-6H3;8-10,12H,1-7H2;1H3/t11-,12+;;8-,9+;/m0.0./s1. The van der Waals surface area contributed by atoms with Gasteiger partial charge in [-0.05, 0) is 88.0 Å². The molecule has 0 aromatic heterocycles. The van der Waals surface area contributed by atoms with Crippen LogP contribution in [-0.2, 0) is 18.9 Å². The average Bonchev–Trinajstić information content (AvgIpc) is 2.98. The topological polar surface area (TPSA) is 174 Å². The highest BCUT2D eigenvalue weighted by Gasteiger charge is 2.37. The molecule has 4 saturated heterocycles. The van der Waals surface area contributed by atoms with E-state index in [2.05, 4.69) is 19.9 Å². The van der Waals surface area contributed by atoms with E-state index in [1.807, 2.05) is 25.7 Å². The second-order valence-corrected chi connectivity index (χ2v) is 15.7. The molecule has 4 aliphatic rings. The Morgan fingerprint density at radius 1 is 0.735 bits per heavy atom. The van der Waals surface area contributed by atoms with Gasteiger partial charge in [-0.2, -0.15) is 5.26 Å². The normalized spacial score (nSPS) is 24.3. The smallest absolute Gasteiger partial charge is 0.444 e. The first kappa shape index (κ1) is 44.3. The molecule has 0 spiro atoms. The van der Waals surface area contributed by atoms with Crippen LogP contribution in [0.5, 0.6) is 0 Å². The molecule has 4 atom stereocenters. The third kappa shape index (κ3) is 18.2. The molecule has 284 valence electrons. The minimum Gasteiger partial charge on any atom is -0.444 e. The molecule has 0 aromatic rings. The molecule has 14 nitrogen and oxygen atoms in total. The predicted octanol–water partition coefficient (Wildman–Crippen LogP) is 4.66. The summed E-state index contributed by atoms with van der Waals surface area (Å²) in [5.41, 5.74) is -1.83. The van der Waals surface area contributed by atoms with E-state index in [4.69, 9.17) is 24.6 Å². The summed E-state index contributed by atoms with van der Waals surface area (Å²) in [4.78, 5) is 40.8. The van der Waals surface area contributed by atoms with Crippen LogP contribution >= 0.6 is 0 Å². The molecule has 4 rings (SSSR count). The highest BCUT2D eigenvalue weighted by atomic mass is 16.8. The maximum Gasteiger partial charge on any atom is 0.519 e. The number of hydrogen-bond acceptors (Lipinski definition) is 13. The third-order valence-corrected chi connectivity index (χ3v) is 8.03. The average molecular weight is 700 g/mol. The Hall–Kier alpha value is -2.70. The van der Waals surface area contributed by atoms with Crippen molar-refractivity contribution in [2.24, 2.45) is 0 Å². The zero-order chi connectivity index (χ0) is 37.4. The molecule has 0 bridgehead atoms. The zero-order valence-corrected chi connectivity index (χ0v) is 31.7. The van der Waals surface area contributed by atoms with Gasteiger partial charge in [0.2, 0.25) is 0 Å². The van der Waals surface area contributed by atoms with Crippen LogP contribution in [0.15, 0.2) is 0 Å². The van der Waals surface area contributed by atoms with Crippen LogP contribution in [0.2, 0.25) is 0 Å². The monoisotopic (exact) mass is 699 g/mol. The van der Waals surface area contributed by atoms with E-state index in [1.165, 1.54) is 26.2 Å². The fourth-order valence-corrected chi connectivity index (χ4v) is 6.14. The third-order valence-electron chi connectivity index (χ3n) is 8.03. The van der Waals surface area contributed by atoms with Crippen LogP contribution in [-0.4, -0.2) is 137 Å². The minimum absolute atomic E-state index is 0.210. The Morgan fingerprint density at radius 2 is 1.18 bits per heavy atom. The van der Waals surface area contributed by atoms with Gasteiger partial charge in [0.15, 0.2) is 0 Å². The number of nitrogens with one attached hydrogen (secondary N) is 1. The molecule has 0 aromatic carbocycles. The summed E-state index contributed by atoms with van der Waals surface area (Å²) in [5, 5.41) is 29.3. The lowest BCUT2D eigenvalue weighted by atomic mass is 9.94. The van der Waals surface area contributed by atoms with Crippen LogP contribution in [0.3, 0.4) is 0 Å². The highest BCUT2D eigenvalue weighted by molar-refractivity contribution is 5.77. The van der Waals surface area contributed by atoms with Gasteiger partial charge in [0.05, 0.1) is 19.3 Å². The number of amides is 1. The Balaban J connectivity index is 0.000000361. The molecule has 0 saturated carbocycles. The van der Waals surface area contributed by atoms with E-state index in [0.29, 0.717) is 31.3 Å². The number of hydrogen-bond donors (Lipinski definition) is 3. The first-order valence-corrected chi connectivity index (χ1v) is 17.6. The molecule has 49 heavy (non-hydrogen) atoms. The highest BCUT2D eigenvalue weighted by Crippen LogP contribution is 2.27. The van der Waals surface area contributed by atoms with Crippen molar-refractivity contribution in [1.82, 2.24) is 20.0 Å². The molecule has 0 aliphatic carbocycles. The number of piperidine rings is 2. The Kier molecular flexibility index (Phi) is 18.9. The maximum absolute atomic E-state index is 12.1. The summed E-state index contributed by atoms with van der Waals surface area (Å²) in [6.07, 6.45) is 4.76. The van der Waals surface area contributed by atoms with Crippen LogP contribution in [0, 0.1) is 11.3 Å². The molecular weight excluding hydrogens is 634 g/mol. The van der Waals surface area contributed by atoms with Crippen molar-refractivity contribution in [3.8, 4) is 6.07 Å². The van der Waals surface area contributed by atoms with Gasteiger partial charge < -0.3 is 39.4 Å². The quantitative estimate of drug-likeness (QED) is 0.206. The van der Waals surface area contributed by atoms with Crippen LogP contribution in [0.1, 0.15) is 108 Å². The zero-order valence-electron chi connectivity index (χ0n) is 31.7. The number of ether oxygens (including phenoxy) is 4. The number of carbonyl (C=O) groups is 3. The minimum atomic E-state index is -1.06. The molecule has 1 amide bonds. The maximum atomic E-state index is 12.1. The number of carbonyl (C=O) groups excluding carboxylic acids is 3. The van der Waals surface area contributed by atoms with Crippen molar-refractivity contribution in [2.75, 3.05) is 52.5 Å². The number of fused-ring (bicyclic) bond motifs is 2. The second kappa shape index (κ2) is 20.8. The lowest BCUT2D eigenvalue weighted by molar-refractivity contribution is -0.0297. The van der Waals surface area contributed by atoms with Crippen molar-refractivity contribution < 1.29 is 43.5 Å². The molecule has 14 heteroatoms. The fourth-order valence-electron chi connectivity index (χ4n) is 6.14. The fraction of sp³-hybridized carbons (Fsp3) is 0.886. The van der Waals surface area contributed by atoms with Crippen LogP contribution in [0.4, 0.5) is 14.4 Å². The number of rotatable bonds is 2. The van der Waals surface area contributed by atoms with Gasteiger partial charge >= 0.3 is 18.4 Å². The Morgan fingerprint density at radius 3 is 1.63 bits per heavy atom. The van der Waals surface area contributed by atoms with E-state index in [1.54, 1.807) is 47.6 Å². The number of nitriles is 1. The first-order valence-electron chi connectivity index (χ1n) is 17.6. The number of nitrogens with zero attached hydrogens (tertiary/aromatic N) is 4. The van der Waals surface area contributed by atoms with E-state index in [-0.39, 0.29) is 18.7 Å². The van der Waals surface area contributed by atoms with Crippen molar-refractivity contribution in [3.05, 3.63) is 0 Å². The molecule has 3 N–H and O–H groups in total. The summed E-state index contributed by atoms with van der Waals surface area (Å²) in [5.74, 6) is 0. The molecule has 4 fully saturated rings. The van der Waals surface area contributed by atoms with Gasteiger partial charge in [-0.25, -0.2) is 14.4 Å². The van der Waals surface area contributed by atoms with Gasteiger partial charge in [-0.1, -0.05) is 12.8 Å². The van der Waals surface area contributed by atoms with E-state index in [0.717, 1.165) is 52.0 Å². The molecule has 0 radical (unpaired) electrons. The number of aliphatic hydroxyl groups excluding tert-OH is 2. The number of aliphatic hydroxyl groups is 2.